The van der Waals surface area contributed by atoms with Gasteiger partial charge >= 0.3 is 0 Å². The summed E-state index contributed by atoms with van der Waals surface area (Å²) in [6.07, 6.45) is 4.68. The van der Waals surface area contributed by atoms with E-state index >= 15 is 4.39 Å². The molecule has 2 aromatic carbocycles. The largest absolute Gasteiger partial charge is 0.476 e. The third kappa shape index (κ3) is 6.56. The molecule has 0 spiro atoms. The minimum Gasteiger partial charge on any atom is -0.476 e. The maximum Gasteiger partial charge on any atom is 0.267 e. The third-order valence-corrected chi connectivity index (χ3v) is 7.16. The van der Waals surface area contributed by atoms with Crippen LogP contribution in [0.15, 0.2) is 90.1 Å². The summed E-state index contributed by atoms with van der Waals surface area (Å²) in [4.78, 5) is 37.0. The van der Waals surface area contributed by atoms with Gasteiger partial charge in [0.1, 0.15) is 23.8 Å². The van der Waals surface area contributed by atoms with Crippen LogP contribution in [0.5, 0.6) is 5.88 Å². The van der Waals surface area contributed by atoms with Gasteiger partial charge in [-0.1, -0.05) is 0 Å². The van der Waals surface area contributed by atoms with Crippen molar-refractivity contribution in [2.24, 2.45) is 0 Å². The molecular formula is C32H28F2N6O4. The summed E-state index contributed by atoms with van der Waals surface area (Å²) in [6, 6.07) is 15.8. The van der Waals surface area contributed by atoms with E-state index in [0.29, 0.717) is 34.8 Å². The molecule has 1 fully saturated rings. The lowest BCUT2D eigenvalue weighted by atomic mass is 10.2. The molecule has 12 heteroatoms. The fourth-order valence-electron chi connectivity index (χ4n) is 4.82. The number of nitrogens with one attached hydrogen (secondary N) is 2. The molecule has 6 rings (SSSR count). The van der Waals surface area contributed by atoms with E-state index in [2.05, 4.69) is 25.5 Å². The molecule has 0 aliphatic carbocycles. The molecular weight excluding hydrogens is 570 g/mol. The van der Waals surface area contributed by atoms with E-state index in [0.717, 1.165) is 32.8 Å². The van der Waals surface area contributed by atoms with Gasteiger partial charge in [-0.05, 0) is 54.6 Å². The second-order valence-corrected chi connectivity index (χ2v) is 10.0. The van der Waals surface area contributed by atoms with Gasteiger partial charge in [-0.2, -0.15) is 0 Å². The van der Waals surface area contributed by atoms with Gasteiger partial charge in [0, 0.05) is 61.4 Å². The predicted molar refractivity (Wildman–Crippen MR) is 162 cm³/mol. The Labute approximate surface area is 250 Å². The van der Waals surface area contributed by atoms with Crippen LogP contribution in [0.3, 0.4) is 0 Å². The van der Waals surface area contributed by atoms with Gasteiger partial charge in [-0.15, -0.1) is 0 Å². The van der Waals surface area contributed by atoms with E-state index in [-0.39, 0.29) is 16.9 Å². The molecule has 0 saturated carbocycles. The lowest BCUT2D eigenvalue weighted by Gasteiger charge is -2.26. The third-order valence-electron chi connectivity index (χ3n) is 7.16. The van der Waals surface area contributed by atoms with Gasteiger partial charge in [-0.25, -0.2) is 13.8 Å². The molecule has 0 atom stereocenters. The number of hydrogen-bond donors (Lipinski definition) is 2. The van der Waals surface area contributed by atoms with Crippen molar-refractivity contribution in [3.05, 3.63) is 113 Å². The molecule has 5 aromatic rings. The van der Waals surface area contributed by atoms with Crippen LogP contribution >= 0.6 is 0 Å². The van der Waals surface area contributed by atoms with Crippen molar-refractivity contribution < 1.29 is 23.0 Å². The van der Waals surface area contributed by atoms with E-state index in [1.165, 1.54) is 59.3 Å². The van der Waals surface area contributed by atoms with Crippen LogP contribution < -0.4 is 20.9 Å². The van der Waals surface area contributed by atoms with Crippen LogP contribution in [0.25, 0.3) is 16.6 Å². The van der Waals surface area contributed by atoms with Crippen molar-refractivity contribution >= 4 is 33.9 Å². The average molecular weight is 599 g/mol. The number of amides is 1. The number of morpholine rings is 1. The summed E-state index contributed by atoms with van der Waals surface area (Å²) >= 11 is 0. The highest BCUT2D eigenvalue weighted by atomic mass is 19.1. The van der Waals surface area contributed by atoms with Gasteiger partial charge < -0.3 is 20.1 Å². The Kier molecular flexibility index (Phi) is 8.52. The van der Waals surface area contributed by atoms with E-state index < -0.39 is 23.1 Å². The Hall–Kier alpha value is -5.20. The van der Waals surface area contributed by atoms with E-state index in [9.17, 15) is 14.0 Å². The first-order valence-corrected chi connectivity index (χ1v) is 14.0. The van der Waals surface area contributed by atoms with E-state index in [1.807, 2.05) is 0 Å². The van der Waals surface area contributed by atoms with Gasteiger partial charge in [0.05, 0.1) is 35.8 Å². The first-order valence-electron chi connectivity index (χ1n) is 14.0. The molecule has 44 heavy (non-hydrogen) atoms. The maximum atomic E-state index is 15.3. The highest BCUT2D eigenvalue weighted by Crippen LogP contribution is 2.28. The Bertz CT molecular complexity index is 1860. The molecule has 1 aliphatic rings. The number of rotatable bonds is 9. The molecule has 0 bridgehead atoms. The summed E-state index contributed by atoms with van der Waals surface area (Å²) in [5.41, 5.74) is 1.16. The molecule has 10 nitrogen and oxygen atoms in total. The van der Waals surface area contributed by atoms with Crippen LogP contribution in [0.2, 0.25) is 0 Å². The quantitative estimate of drug-likeness (QED) is 0.250. The molecule has 0 unspecified atom stereocenters. The molecule has 1 saturated heterocycles. The number of ether oxygens (including phenoxy) is 2. The van der Waals surface area contributed by atoms with E-state index in [1.54, 1.807) is 30.6 Å². The smallest absolute Gasteiger partial charge is 0.267 e. The average Bonchev–Trinajstić information content (AvgIpc) is 3.04. The standard InChI is InChI=1S/C32H28F2N6O4/c33-21-3-5-22(6-4-21)37-31(41)24-2-1-11-40(32(24)42)23-7-8-28(26(34)18-23)38-27-9-10-35-29-19-30(36-20-25(27)29)44-17-14-39-12-15-43-16-13-39/h1-11,18-20H,12-17H2,(H,35,38)(H,37,41). The van der Waals surface area contributed by atoms with Crippen LogP contribution in [0.4, 0.5) is 25.8 Å². The second kappa shape index (κ2) is 13.0. The number of halogens is 2. The fraction of sp³-hybridized carbons (Fsp3) is 0.188. The number of fused-ring (bicyclic) bond motifs is 1. The van der Waals surface area contributed by atoms with Gasteiger partial charge in [-0.3, -0.25) is 24.0 Å². The zero-order chi connectivity index (χ0) is 30.5. The Balaban J connectivity index is 1.16. The monoisotopic (exact) mass is 598 g/mol. The first-order chi connectivity index (χ1) is 21.4. The topological polar surface area (TPSA) is 111 Å². The van der Waals surface area contributed by atoms with Crippen molar-refractivity contribution in [3.63, 3.8) is 0 Å². The second-order valence-electron chi connectivity index (χ2n) is 10.0. The van der Waals surface area contributed by atoms with Crippen molar-refractivity contribution in [1.29, 1.82) is 0 Å². The summed E-state index contributed by atoms with van der Waals surface area (Å²) in [6.45, 7) is 4.46. The molecule has 224 valence electrons. The number of nitrogens with zero attached hydrogens (tertiary/aromatic N) is 4. The fourth-order valence-corrected chi connectivity index (χ4v) is 4.82. The molecule has 2 N–H and O–H groups in total. The number of pyridine rings is 3. The predicted octanol–water partition coefficient (Wildman–Crippen LogP) is 4.77. The van der Waals surface area contributed by atoms with Crippen LogP contribution in [-0.4, -0.2) is 64.8 Å². The number of hydrogen-bond acceptors (Lipinski definition) is 8. The van der Waals surface area contributed by atoms with Crippen molar-refractivity contribution in [3.8, 4) is 11.6 Å². The Morgan fingerprint density at radius 3 is 2.59 bits per heavy atom. The highest BCUT2D eigenvalue weighted by Gasteiger charge is 2.16. The van der Waals surface area contributed by atoms with Gasteiger partial charge in [0.25, 0.3) is 11.5 Å². The van der Waals surface area contributed by atoms with Crippen molar-refractivity contribution in [2.75, 3.05) is 50.1 Å². The minimum atomic E-state index is -0.668. The lowest BCUT2D eigenvalue weighted by Crippen LogP contribution is -2.38. The van der Waals surface area contributed by atoms with Crippen molar-refractivity contribution in [2.45, 2.75) is 0 Å². The summed E-state index contributed by atoms with van der Waals surface area (Å²) < 4.78 is 40.9. The van der Waals surface area contributed by atoms with Crippen LogP contribution in [-0.2, 0) is 4.74 Å². The zero-order valence-electron chi connectivity index (χ0n) is 23.5. The number of benzene rings is 2. The highest BCUT2D eigenvalue weighted by molar-refractivity contribution is 6.04. The number of carbonyl (C=O) groups excluding carboxylic acids is 1. The van der Waals surface area contributed by atoms with Gasteiger partial charge in [0.15, 0.2) is 0 Å². The summed E-state index contributed by atoms with van der Waals surface area (Å²) in [5.74, 6) is -1.28. The SMILES string of the molecule is O=C(Nc1ccc(F)cc1)c1cccn(-c2ccc(Nc3ccnc4cc(OCCN5CCOCC5)ncc34)c(F)c2)c1=O. The number of aromatic nitrogens is 3. The summed E-state index contributed by atoms with van der Waals surface area (Å²) in [7, 11) is 0. The molecule has 1 amide bonds. The molecule has 3 aromatic heterocycles. The molecule has 1 aliphatic heterocycles. The number of anilines is 3. The van der Waals surface area contributed by atoms with Crippen LogP contribution in [0.1, 0.15) is 10.4 Å². The Morgan fingerprint density at radius 2 is 1.80 bits per heavy atom. The normalized spacial score (nSPS) is 13.5. The maximum absolute atomic E-state index is 15.3. The van der Waals surface area contributed by atoms with Crippen molar-refractivity contribution in [1.82, 2.24) is 19.4 Å². The first kappa shape index (κ1) is 28.9. The lowest BCUT2D eigenvalue weighted by molar-refractivity contribution is 0.0320. The van der Waals surface area contributed by atoms with Crippen LogP contribution in [0, 0.1) is 11.6 Å². The molecule has 0 radical (unpaired) electrons. The minimum absolute atomic E-state index is 0.153. The van der Waals surface area contributed by atoms with E-state index in [4.69, 9.17) is 9.47 Å². The molecule has 4 heterocycles. The Morgan fingerprint density at radius 1 is 0.977 bits per heavy atom. The number of carbonyl (C=O) groups is 1. The van der Waals surface area contributed by atoms with Gasteiger partial charge in [0.2, 0.25) is 5.88 Å². The zero-order valence-corrected chi connectivity index (χ0v) is 23.5. The summed E-state index contributed by atoms with van der Waals surface area (Å²) in [5, 5.41) is 6.32.